The summed E-state index contributed by atoms with van der Waals surface area (Å²) in [5, 5.41) is 6.63. The topological polar surface area (TPSA) is 86.5 Å². The van der Waals surface area contributed by atoms with Gasteiger partial charge in [0, 0.05) is 30.2 Å². The van der Waals surface area contributed by atoms with Crippen LogP contribution in [-0.4, -0.2) is 30.3 Å². The predicted molar refractivity (Wildman–Crippen MR) is 96.2 cm³/mol. The van der Waals surface area contributed by atoms with Gasteiger partial charge in [-0.05, 0) is 36.4 Å². The number of hydrogen-bond acceptors (Lipinski definition) is 6. The van der Waals surface area contributed by atoms with Crippen LogP contribution in [0.3, 0.4) is 0 Å². The Kier molecular flexibility index (Phi) is 5.65. The third kappa shape index (κ3) is 4.60. The van der Waals surface area contributed by atoms with Crippen LogP contribution in [-0.2, 0) is 11.2 Å². The fourth-order valence-electron chi connectivity index (χ4n) is 2.43. The number of rotatable bonds is 7. The van der Waals surface area contributed by atoms with E-state index in [2.05, 4.69) is 15.5 Å². The molecule has 3 aromatic rings. The lowest BCUT2D eigenvalue weighted by molar-refractivity contribution is -0.116. The van der Waals surface area contributed by atoms with Gasteiger partial charge in [-0.3, -0.25) is 4.79 Å². The first-order valence-corrected chi connectivity index (χ1v) is 8.19. The van der Waals surface area contributed by atoms with Crippen molar-refractivity contribution in [3.63, 3.8) is 0 Å². The lowest BCUT2D eigenvalue weighted by Gasteiger charge is -2.10. The summed E-state index contributed by atoms with van der Waals surface area (Å²) in [5.41, 5.74) is 1.23. The number of hydrogen-bond donors (Lipinski definition) is 1. The Morgan fingerprint density at radius 3 is 2.56 bits per heavy atom. The Morgan fingerprint density at radius 1 is 1.11 bits per heavy atom. The van der Waals surface area contributed by atoms with Gasteiger partial charge < -0.3 is 19.3 Å². The third-order valence-corrected chi connectivity index (χ3v) is 3.80. The Hall–Kier alpha value is -3.42. The van der Waals surface area contributed by atoms with E-state index >= 15 is 0 Å². The lowest BCUT2D eigenvalue weighted by atomic mass is 10.2. The molecule has 140 valence electrons. The summed E-state index contributed by atoms with van der Waals surface area (Å²) in [4.78, 5) is 16.4. The molecule has 0 fully saturated rings. The highest BCUT2D eigenvalue weighted by Gasteiger charge is 2.12. The number of anilines is 1. The van der Waals surface area contributed by atoms with Gasteiger partial charge in [0.05, 0.1) is 14.2 Å². The van der Waals surface area contributed by atoms with E-state index in [1.165, 1.54) is 19.2 Å². The number of aryl methyl sites for hydroxylation is 1. The Balaban J connectivity index is 1.57. The van der Waals surface area contributed by atoms with E-state index in [1.807, 2.05) is 0 Å². The molecule has 0 saturated heterocycles. The Bertz CT molecular complexity index is 925. The number of benzene rings is 2. The molecular formula is C19H18FN3O4. The molecule has 1 amide bonds. The van der Waals surface area contributed by atoms with Gasteiger partial charge in [-0.2, -0.15) is 4.98 Å². The zero-order chi connectivity index (χ0) is 19.2. The molecule has 0 bridgehead atoms. The highest BCUT2D eigenvalue weighted by Crippen LogP contribution is 2.29. The van der Waals surface area contributed by atoms with Crippen LogP contribution >= 0.6 is 0 Å². The molecule has 0 radical (unpaired) electrons. The molecule has 1 N–H and O–H groups in total. The summed E-state index contributed by atoms with van der Waals surface area (Å²) in [6.07, 6.45) is 0.451. The van der Waals surface area contributed by atoms with Gasteiger partial charge in [0.2, 0.25) is 17.6 Å². The van der Waals surface area contributed by atoms with E-state index in [0.29, 0.717) is 34.5 Å². The van der Waals surface area contributed by atoms with Crippen molar-refractivity contribution in [2.45, 2.75) is 12.8 Å². The molecule has 1 heterocycles. The smallest absolute Gasteiger partial charge is 0.227 e. The number of amides is 1. The van der Waals surface area contributed by atoms with Crippen molar-refractivity contribution in [3.05, 3.63) is 54.2 Å². The Morgan fingerprint density at radius 2 is 1.85 bits per heavy atom. The van der Waals surface area contributed by atoms with Gasteiger partial charge in [-0.1, -0.05) is 5.16 Å². The maximum absolute atomic E-state index is 13.0. The third-order valence-electron chi connectivity index (χ3n) is 3.80. The summed E-state index contributed by atoms with van der Waals surface area (Å²) in [6.45, 7) is 0. The number of nitrogens with zero attached hydrogens (tertiary/aromatic N) is 2. The molecule has 27 heavy (non-hydrogen) atoms. The van der Waals surface area contributed by atoms with Crippen LogP contribution in [0.25, 0.3) is 11.4 Å². The number of halogens is 1. The zero-order valence-electron chi connectivity index (χ0n) is 14.9. The van der Waals surface area contributed by atoms with Crippen LogP contribution in [0, 0.1) is 5.82 Å². The SMILES string of the molecule is COc1ccc(NC(=O)CCc2nc(-c3ccc(F)cc3)no2)cc1OC. The van der Waals surface area contributed by atoms with Gasteiger partial charge in [0.1, 0.15) is 5.82 Å². The Labute approximate surface area is 155 Å². The molecule has 7 nitrogen and oxygen atoms in total. The number of carbonyl (C=O) groups excluding carboxylic acids is 1. The molecule has 3 rings (SSSR count). The van der Waals surface area contributed by atoms with E-state index in [0.717, 1.165) is 0 Å². The van der Waals surface area contributed by atoms with Crippen molar-refractivity contribution in [2.24, 2.45) is 0 Å². The van der Waals surface area contributed by atoms with E-state index in [4.69, 9.17) is 14.0 Å². The zero-order valence-corrected chi connectivity index (χ0v) is 14.9. The second-order valence-electron chi connectivity index (χ2n) is 5.64. The largest absolute Gasteiger partial charge is 0.493 e. The monoisotopic (exact) mass is 371 g/mol. The first kappa shape index (κ1) is 18.4. The average Bonchev–Trinajstić information content (AvgIpc) is 3.16. The van der Waals surface area contributed by atoms with E-state index in [1.54, 1.807) is 37.4 Å². The summed E-state index contributed by atoms with van der Waals surface area (Å²) < 4.78 is 28.5. The molecular weight excluding hydrogens is 353 g/mol. The molecule has 0 saturated carbocycles. The molecule has 0 aliphatic rings. The molecule has 8 heteroatoms. The van der Waals surface area contributed by atoms with Gasteiger partial charge in [0.15, 0.2) is 11.5 Å². The van der Waals surface area contributed by atoms with Crippen molar-refractivity contribution in [1.29, 1.82) is 0 Å². The highest BCUT2D eigenvalue weighted by atomic mass is 19.1. The number of carbonyl (C=O) groups is 1. The molecule has 0 unspecified atom stereocenters. The van der Waals surface area contributed by atoms with Crippen molar-refractivity contribution in [3.8, 4) is 22.9 Å². The number of aromatic nitrogens is 2. The molecule has 2 aromatic carbocycles. The van der Waals surface area contributed by atoms with Crippen LogP contribution in [0.4, 0.5) is 10.1 Å². The van der Waals surface area contributed by atoms with Crippen molar-refractivity contribution < 1.29 is 23.2 Å². The van der Waals surface area contributed by atoms with Crippen LogP contribution in [0.1, 0.15) is 12.3 Å². The average molecular weight is 371 g/mol. The van der Waals surface area contributed by atoms with E-state index in [-0.39, 0.29) is 24.6 Å². The van der Waals surface area contributed by atoms with Crippen molar-refractivity contribution in [1.82, 2.24) is 10.1 Å². The summed E-state index contributed by atoms with van der Waals surface area (Å²) in [7, 11) is 3.07. The molecule has 0 aliphatic carbocycles. The molecule has 0 aliphatic heterocycles. The fourth-order valence-corrected chi connectivity index (χ4v) is 2.43. The fraction of sp³-hybridized carbons (Fsp3) is 0.211. The van der Waals surface area contributed by atoms with Crippen LogP contribution < -0.4 is 14.8 Å². The standard InChI is InChI=1S/C19H18FN3O4/c1-25-15-8-7-14(11-16(15)26-2)21-17(24)9-10-18-22-19(23-27-18)12-3-5-13(20)6-4-12/h3-8,11H,9-10H2,1-2H3,(H,21,24). The minimum atomic E-state index is -0.339. The first-order chi connectivity index (χ1) is 13.1. The highest BCUT2D eigenvalue weighted by molar-refractivity contribution is 5.91. The lowest BCUT2D eigenvalue weighted by Crippen LogP contribution is -2.12. The summed E-state index contributed by atoms with van der Waals surface area (Å²) in [6, 6.07) is 10.9. The van der Waals surface area contributed by atoms with Crippen molar-refractivity contribution in [2.75, 3.05) is 19.5 Å². The number of methoxy groups -OCH3 is 2. The second kappa shape index (κ2) is 8.31. The minimum Gasteiger partial charge on any atom is -0.493 e. The quantitative estimate of drug-likeness (QED) is 0.684. The van der Waals surface area contributed by atoms with Gasteiger partial charge >= 0.3 is 0 Å². The van der Waals surface area contributed by atoms with E-state index in [9.17, 15) is 9.18 Å². The molecule has 1 aromatic heterocycles. The minimum absolute atomic E-state index is 0.166. The van der Waals surface area contributed by atoms with Crippen molar-refractivity contribution >= 4 is 11.6 Å². The van der Waals surface area contributed by atoms with Crippen LogP contribution in [0.15, 0.2) is 47.0 Å². The maximum atomic E-state index is 13.0. The second-order valence-corrected chi connectivity index (χ2v) is 5.64. The summed E-state index contributed by atoms with van der Waals surface area (Å²) in [5.74, 6) is 1.24. The van der Waals surface area contributed by atoms with E-state index < -0.39 is 0 Å². The first-order valence-electron chi connectivity index (χ1n) is 8.19. The molecule has 0 spiro atoms. The normalized spacial score (nSPS) is 10.5. The van der Waals surface area contributed by atoms with Crippen LogP contribution in [0.5, 0.6) is 11.5 Å². The molecule has 0 atom stereocenters. The van der Waals surface area contributed by atoms with Gasteiger partial charge in [-0.15, -0.1) is 0 Å². The van der Waals surface area contributed by atoms with Gasteiger partial charge in [0.25, 0.3) is 0 Å². The summed E-state index contributed by atoms with van der Waals surface area (Å²) >= 11 is 0. The van der Waals surface area contributed by atoms with Crippen LogP contribution in [0.2, 0.25) is 0 Å². The maximum Gasteiger partial charge on any atom is 0.227 e. The number of nitrogens with one attached hydrogen (secondary N) is 1. The predicted octanol–water partition coefficient (Wildman–Crippen LogP) is 3.46. The van der Waals surface area contributed by atoms with Gasteiger partial charge in [-0.25, -0.2) is 4.39 Å². The number of ether oxygens (including phenoxy) is 2.